The van der Waals surface area contributed by atoms with Crippen LogP contribution < -0.4 is 11.1 Å². The molecule has 0 spiro atoms. The Labute approximate surface area is 81.1 Å². The molecule has 0 radical (unpaired) electrons. The summed E-state index contributed by atoms with van der Waals surface area (Å²) in [6.45, 7) is 9.70. The molecule has 0 aromatic rings. The van der Waals surface area contributed by atoms with Crippen molar-refractivity contribution < 1.29 is 4.79 Å². The van der Waals surface area contributed by atoms with Crippen molar-refractivity contribution in [1.82, 2.24) is 5.32 Å². The largest absolute Gasteiger partial charge is 0.354 e. The minimum atomic E-state index is -0.270. The van der Waals surface area contributed by atoms with Gasteiger partial charge in [-0.05, 0) is 34.1 Å². The van der Waals surface area contributed by atoms with Gasteiger partial charge < -0.3 is 11.1 Å². The first kappa shape index (κ1) is 12.4. The lowest BCUT2D eigenvalue weighted by atomic mass is 9.92. The Hall–Kier alpha value is -0.570. The van der Waals surface area contributed by atoms with Crippen molar-refractivity contribution in [2.45, 2.75) is 52.6 Å². The van der Waals surface area contributed by atoms with Crippen LogP contribution in [-0.4, -0.2) is 17.5 Å². The first-order valence-corrected chi connectivity index (χ1v) is 4.81. The molecule has 1 unspecified atom stereocenters. The molecule has 3 nitrogen and oxygen atoms in total. The molecule has 0 aromatic heterocycles. The van der Waals surface area contributed by atoms with Crippen LogP contribution in [0.15, 0.2) is 0 Å². The van der Waals surface area contributed by atoms with Gasteiger partial charge in [0.15, 0.2) is 0 Å². The van der Waals surface area contributed by atoms with Crippen molar-refractivity contribution in [3.05, 3.63) is 0 Å². The number of carbonyl (C=O) groups is 1. The van der Waals surface area contributed by atoms with Crippen molar-refractivity contribution in [2.24, 2.45) is 11.7 Å². The fraction of sp³-hybridized carbons (Fsp3) is 0.900. The maximum absolute atomic E-state index is 11.5. The molecule has 0 fully saturated rings. The summed E-state index contributed by atoms with van der Waals surface area (Å²) in [6, 6.07) is 0.204. The van der Waals surface area contributed by atoms with E-state index < -0.39 is 0 Å². The minimum absolute atomic E-state index is 0.0117. The molecular weight excluding hydrogens is 164 g/mol. The fourth-order valence-electron chi connectivity index (χ4n) is 1.31. The molecule has 3 N–H and O–H groups in total. The summed E-state index contributed by atoms with van der Waals surface area (Å²) in [5.74, 6) is 0.0796. The van der Waals surface area contributed by atoms with Gasteiger partial charge in [0.2, 0.25) is 5.91 Å². The van der Waals surface area contributed by atoms with E-state index in [1.54, 1.807) is 0 Å². The molecule has 0 bridgehead atoms. The van der Waals surface area contributed by atoms with E-state index >= 15 is 0 Å². The summed E-state index contributed by atoms with van der Waals surface area (Å²) in [6.07, 6.45) is 0.714. The zero-order chi connectivity index (χ0) is 10.6. The predicted molar refractivity (Wildman–Crippen MR) is 55.3 cm³/mol. The molecule has 3 heteroatoms. The Morgan fingerprint density at radius 3 is 2.15 bits per heavy atom. The van der Waals surface area contributed by atoms with E-state index in [1.807, 2.05) is 34.6 Å². The quantitative estimate of drug-likeness (QED) is 0.694. The minimum Gasteiger partial charge on any atom is -0.354 e. The number of rotatable bonds is 4. The molecule has 0 aliphatic heterocycles. The second-order valence-corrected chi connectivity index (χ2v) is 4.76. The number of nitrogens with two attached hydrogens (primary N) is 1. The van der Waals surface area contributed by atoms with Gasteiger partial charge in [-0.1, -0.05) is 6.92 Å². The summed E-state index contributed by atoms with van der Waals surface area (Å²) in [5.41, 5.74) is 5.55. The van der Waals surface area contributed by atoms with E-state index in [4.69, 9.17) is 5.73 Å². The molecule has 0 rings (SSSR count). The van der Waals surface area contributed by atoms with Crippen molar-refractivity contribution in [3.8, 4) is 0 Å². The Balaban J connectivity index is 3.97. The Kier molecular flexibility index (Phi) is 4.40. The third kappa shape index (κ3) is 6.58. The van der Waals surface area contributed by atoms with Crippen LogP contribution >= 0.6 is 0 Å². The second-order valence-electron chi connectivity index (χ2n) is 4.76. The summed E-state index contributed by atoms with van der Waals surface area (Å²) in [5, 5.41) is 2.87. The fourth-order valence-corrected chi connectivity index (χ4v) is 1.31. The Bertz CT molecular complexity index is 170. The van der Waals surface area contributed by atoms with Gasteiger partial charge in [-0.25, -0.2) is 0 Å². The van der Waals surface area contributed by atoms with Crippen LogP contribution in [0.25, 0.3) is 0 Å². The highest BCUT2D eigenvalue weighted by Crippen LogP contribution is 2.13. The second kappa shape index (κ2) is 4.61. The summed E-state index contributed by atoms with van der Waals surface area (Å²) >= 11 is 0. The number of hydrogen-bond donors (Lipinski definition) is 2. The van der Waals surface area contributed by atoms with Crippen LogP contribution in [0.5, 0.6) is 0 Å². The van der Waals surface area contributed by atoms with Crippen LogP contribution in [0.2, 0.25) is 0 Å². The standard InChI is InChI=1S/C10H22N2O/c1-7(2)12-9(13)8(3)6-10(4,5)11/h7-8H,6,11H2,1-5H3,(H,12,13). The third-order valence-corrected chi connectivity index (χ3v) is 1.71. The number of carbonyl (C=O) groups excluding carboxylic acids is 1. The van der Waals surface area contributed by atoms with E-state index in [0.29, 0.717) is 6.42 Å². The maximum atomic E-state index is 11.5. The highest BCUT2D eigenvalue weighted by Gasteiger charge is 2.21. The maximum Gasteiger partial charge on any atom is 0.223 e. The number of hydrogen-bond acceptors (Lipinski definition) is 2. The lowest BCUT2D eigenvalue weighted by Crippen LogP contribution is -2.40. The SMILES string of the molecule is CC(C)NC(=O)C(C)CC(C)(C)N. The lowest BCUT2D eigenvalue weighted by molar-refractivity contribution is -0.125. The van der Waals surface area contributed by atoms with E-state index in [0.717, 1.165) is 0 Å². The van der Waals surface area contributed by atoms with E-state index in [9.17, 15) is 4.79 Å². The molecular formula is C10H22N2O. The van der Waals surface area contributed by atoms with E-state index in [2.05, 4.69) is 5.32 Å². The molecule has 0 aromatic carbocycles. The molecule has 0 aliphatic carbocycles. The van der Waals surface area contributed by atoms with Gasteiger partial charge in [0.1, 0.15) is 0 Å². The highest BCUT2D eigenvalue weighted by atomic mass is 16.1. The van der Waals surface area contributed by atoms with Crippen LogP contribution in [0, 0.1) is 5.92 Å². The van der Waals surface area contributed by atoms with Gasteiger partial charge in [-0.15, -0.1) is 0 Å². The predicted octanol–water partition coefficient (Wildman–Crippen LogP) is 1.27. The van der Waals surface area contributed by atoms with Gasteiger partial charge in [-0.3, -0.25) is 4.79 Å². The average Bonchev–Trinajstić information content (AvgIpc) is 1.81. The molecule has 1 atom stereocenters. The van der Waals surface area contributed by atoms with E-state index in [-0.39, 0.29) is 23.4 Å². The normalized spacial score (nSPS) is 14.4. The molecule has 1 amide bonds. The lowest BCUT2D eigenvalue weighted by Gasteiger charge is -2.23. The molecule has 0 saturated carbocycles. The van der Waals surface area contributed by atoms with Gasteiger partial charge >= 0.3 is 0 Å². The summed E-state index contributed by atoms with van der Waals surface area (Å²) in [7, 11) is 0. The Morgan fingerprint density at radius 1 is 1.38 bits per heavy atom. The topological polar surface area (TPSA) is 55.1 Å². The van der Waals surface area contributed by atoms with Crippen LogP contribution in [0.1, 0.15) is 41.0 Å². The monoisotopic (exact) mass is 186 g/mol. The summed E-state index contributed by atoms with van der Waals surface area (Å²) in [4.78, 5) is 11.5. The average molecular weight is 186 g/mol. The molecule has 0 heterocycles. The molecule has 13 heavy (non-hydrogen) atoms. The zero-order valence-corrected chi connectivity index (χ0v) is 9.35. The number of amides is 1. The molecule has 78 valence electrons. The summed E-state index contributed by atoms with van der Waals surface area (Å²) < 4.78 is 0. The smallest absolute Gasteiger partial charge is 0.223 e. The van der Waals surface area contributed by atoms with Crippen molar-refractivity contribution in [3.63, 3.8) is 0 Å². The van der Waals surface area contributed by atoms with Crippen LogP contribution in [-0.2, 0) is 4.79 Å². The Morgan fingerprint density at radius 2 is 1.85 bits per heavy atom. The zero-order valence-electron chi connectivity index (χ0n) is 9.35. The van der Waals surface area contributed by atoms with Crippen LogP contribution in [0.3, 0.4) is 0 Å². The first-order valence-electron chi connectivity index (χ1n) is 4.81. The third-order valence-electron chi connectivity index (χ3n) is 1.71. The van der Waals surface area contributed by atoms with E-state index in [1.165, 1.54) is 0 Å². The number of nitrogens with one attached hydrogen (secondary N) is 1. The highest BCUT2D eigenvalue weighted by molar-refractivity contribution is 5.78. The molecule has 0 aliphatic rings. The van der Waals surface area contributed by atoms with Crippen molar-refractivity contribution in [1.29, 1.82) is 0 Å². The van der Waals surface area contributed by atoms with Crippen LogP contribution in [0.4, 0.5) is 0 Å². The van der Waals surface area contributed by atoms with Gasteiger partial charge in [0.05, 0.1) is 0 Å². The van der Waals surface area contributed by atoms with Crippen molar-refractivity contribution in [2.75, 3.05) is 0 Å². The molecule has 0 saturated heterocycles. The van der Waals surface area contributed by atoms with Crippen molar-refractivity contribution >= 4 is 5.91 Å². The van der Waals surface area contributed by atoms with Gasteiger partial charge in [-0.2, -0.15) is 0 Å². The first-order chi connectivity index (χ1) is 5.72. The van der Waals surface area contributed by atoms with Gasteiger partial charge in [0, 0.05) is 17.5 Å². The van der Waals surface area contributed by atoms with Gasteiger partial charge in [0.25, 0.3) is 0 Å².